The summed E-state index contributed by atoms with van der Waals surface area (Å²) in [6.07, 6.45) is -4.64. The average Bonchev–Trinajstić information content (AvgIpc) is 2.48. The Morgan fingerprint density at radius 2 is 1.86 bits per heavy atom. The lowest BCUT2D eigenvalue weighted by Crippen LogP contribution is -2.49. The molecule has 2 rings (SSSR count). The molecule has 1 aromatic rings. The average molecular weight is 336 g/mol. The molecule has 2 N–H and O–H groups in total. The molecule has 0 unspecified atom stereocenters. The van der Waals surface area contributed by atoms with Gasteiger partial charge in [0.05, 0.1) is 10.6 Å². The van der Waals surface area contributed by atoms with Crippen molar-refractivity contribution in [3.05, 3.63) is 28.8 Å². The van der Waals surface area contributed by atoms with Crippen LogP contribution in [0.5, 0.6) is 0 Å². The molecule has 1 saturated heterocycles. The van der Waals surface area contributed by atoms with E-state index < -0.39 is 28.6 Å². The number of hydrogen-bond acceptors (Lipinski definition) is 3. The SMILES string of the molecule is O=C(Nc1ccc(Cl)c(C(F)(F)F)c1)C(=O)N1CCNCC1. The van der Waals surface area contributed by atoms with Crippen LogP contribution in [-0.4, -0.2) is 42.9 Å². The number of benzene rings is 1. The minimum absolute atomic E-state index is 0.134. The van der Waals surface area contributed by atoms with Crippen molar-refractivity contribution in [2.75, 3.05) is 31.5 Å². The highest BCUT2D eigenvalue weighted by Crippen LogP contribution is 2.36. The van der Waals surface area contributed by atoms with Gasteiger partial charge in [-0.05, 0) is 18.2 Å². The van der Waals surface area contributed by atoms with Crippen LogP contribution in [0.15, 0.2) is 18.2 Å². The fraction of sp³-hybridized carbons (Fsp3) is 0.385. The third kappa shape index (κ3) is 3.89. The molecule has 1 heterocycles. The van der Waals surface area contributed by atoms with E-state index in [1.54, 1.807) is 0 Å². The van der Waals surface area contributed by atoms with Gasteiger partial charge < -0.3 is 15.5 Å². The Morgan fingerprint density at radius 1 is 1.23 bits per heavy atom. The van der Waals surface area contributed by atoms with Gasteiger partial charge in [0.2, 0.25) is 0 Å². The number of nitrogens with one attached hydrogen (secondary N) is 2. The molecular formula is C13H13ClF3N3O2. The van der Waals surface area contributed by atoms with Gasteiger partial charge in [0.25, 0.3) is 0 Å². The van der Waals surface area contributed by atoms with E-state index in [2.05, 4.69) is 10.6 Å². The molecule has 1 aliphatic rings. The molecule has 1 fully saturated rings. The summed E-state index contributed by atoms with van der Waals surface area (Å²) in [4.78, 5) is 25.0. The first-order valence-electron chi connectivity index (χ1n) is 6.47. The zero-order valence-corrected chi connectivity index (χ0v) is 12.1. The van der Waals surface area contributed by atoms with E-state index in [0.29, 0.717) is 32.2 Å². The summed E-state index contributed by atoms with van der Waals surface area (Å²) in [7, 11) is 0. The number of alkyl halides is 3. The van der Waals surface area contributed by atoms with Gasteiger partial charge in [0.15, 0.2) is 0 Å². The predicted octanol–water partition coefficient (Wildman–Crippen LogP) is 1.73. The van der Waals surface area contributed by atoms with E-state index in [1.165, 1.54) is 11.0 Å². The van der Waals surface area contributed by atoms with Crippen LogP contribution >= 0.6 is 11.6 Å². The fourth-order valence-corrected chi connectivity index (χ4v) is 2.24. The van der Waals surface area contributed by atoms with Crippen LogP contribution in [-0.2, 0) is 15.8 Å². The van der Waals surface area contributed by atoms with Crippen LogP contribution in [0.4, 0.5) is 18.9 Å². The molecular weight excluding hydrogens is 323 g/mol. The lowest BCUT2D eigenvalue weighted by Gasteiger charge is -2.26. The molecule has 0 radical (unpaired) electrons. The molecule has 0 aromatic heterocycles. The number of hydrogen-bond donors (Lipinski definition) is 2. The topological polar surface area (TPSA) is 61.4 Å². The number of piperazine rings is 1. The van der Waals surface area contributed by atoms with Gasteiger partial charge in [-0.1, -0.05) is 11.6 Å². The zero-order valence-electron chi connectivity index (χ0n) is 11.3. The predicted molar refractivity (Wildman–Crippen MR) is 74.5 cm³/mol. The van der Waals surface area contributed by atoms with Gasteiger partial charge in [0, 0.05) is 31.9 Å². The second-order valence-electron chi connectivity index (χ2n) is 4.69. The summed E-state index contributed by atoms with van der Waals surface area (Å²) in [5, 5.41) is 4.72. The Morgan fingerprint density at radius 3 is 2.45 bits per heavy atom. The Kier molecular flexibility index (Phi) is 4.92. The van der Waals surface area contributed by atoms with Gasteiger partial charge in [0.1, 0.15) is 0 Å². The molecule has 0 spiro atoms. The minimum atomic E-state index is -4.64. The largest absolute Gasteiger partial charge is 0.417 e. The number of carbonyl (C=O) groups excluding carboxylic acids is 2. The molecule has 1 aliphatic heterocycles. The molecule has 9 heteroatoms. The first-order valence-corrected chi connectivity index (χ1v) is 6.84. The lowest BCUT2D eigenvalue weighted by molar-refractivity contribution is -0.143. The van der Waals surface area contributed by atoms with Crippen molar-refractivity contribution in [1.82, 2.24) is 10.2 Å². The number of amides is 2. The summed E-state index contributed by atoms with van der Waals surface area (Å²) >= 11 is 5.49. The molecule has 120 valence electrons. The normalized spacial score (nSPS) is 15.5. The third-order valence-electron chi connectivity index (χ3n) is 3.13. The van der Waals surface area contributed by atoms with E-state index >= 15 is 0 Å². The highest BCUT2D eigenvalue weighted by atomic mass is 35.5. The van der Waals surface area contributed by atoms with Crippen LogP contribution in [0.25, 0.3) is 0 Å². The van der Waals surface area contributed by atoms with E-state index in [0.717, 1.165) is 6.07 Å². The fourth-order valence-electron chi connectivity index (χ4n) is 2.02. The van der Waals surface area contributed by atoms with E-state index in [4.69, 9.17) is 11.6 Å². The second kappa shape index (κ2) is 6.53. The number of nitrogens with zero attached hydrogens (tertiary/aromatic N) is 1. The Labute approximate surface area is 129 Å². The lowest BCUT2D eigenvalue weighted by atomic mass is 10.2. The summed E-state index contributed by atoms with van der Waals surface area (Å²) in [6.45, 7) is 1.89. The molecule has 2 amide bonds. The standard InChI is InChI=1S/C13H13ClF3N3O2/c14-10-2-1-8(7-9(10)13(15,16)17)19-11(21)12(22)20-5-3-18-4-6-20/h1-2,7,18H,3-6H2,(H,19,21). The zero-order chi connectivity index (χ0) is 16.3. The number of anilines is 1. The third-order valence-corrected chi connectivity index (χ3v) is 3.46. The molecule has 0 atom stereocenters. The van der Waals surface area contributed by atoms with Crippen LogP contribution < -0.4 is 10.6 Å². The molecule has 5 nitrogen and oxygen atoms in total. The Balaban J connectivity index is 2.10. The highest BCUT2D eigenvalue weighted by molar-refractivity contribution is 6.39. The molecule has 1 aromatic carbocycles. The summed E-state index contributed by atoms with van der Waals surface area (Å²) in [5.74, 6) is -1.75. The van der Waals surface area contributed by atoms with Crippen LogP contribution in [0.3, 0.4) is 0 Å². The number of rotatable bonds is 1. The van der Waals surface area contributed by atoms with Gasteiger partial charge in [-0.25, -0.2) is 0 Å². The van der Waals surface area contributed by atoms with Crippen LogP contribution in [0.2, 0.25) is 5.02 Å². The van der Waals surface area contributed by atoms with Crippen molar-refractivity contribution in [1.29, 1.82) is 0 Å². The molecule has 0 saturated carbocycles. The monoisotopic (exact) mass is 335 g/mol. The van der Waals surface area contributed by atoms with Crippen LogP contribution in [0, 0.1) is 0 Å². The highest BCUT2D eigenvalue weighted by Gasteiger charge is 2.33. The van der Waals surface area contributed by atoms with Crippen molar-refractivity contribution in [3.8, 4) is 0 Å². The number of carbonyl (C=O) groups is 2. The van der Waals surface area contributed by atoms with Crippen molar-refractivity contribution in [2.24, 2.45) is 0 Å². The quantitative estimate of drug-likeness (QED) is 0.768. The van der Waals surface area contributed by atoms with Gasteiger partial charge in [-0.3, -0.25) is 9.59 Å². The van der Waals surface area contributed by atoms with Crippen molar-refractivity contribution >= 4 is 29.1 Å². The van der Waals surface area contributed by atoms with Crippen molar-refractivity contribution in [2.45, 2.75) is 6.18 Å². The Bertz CT molecular complexity index is 586. The minimum Gasteiger partial charge on any atom is -0.332 e. The van der Waals surface area contributed by atoms with Crippen molar-refractivity contribution < 1.29 is 22.8 Å². The maximum Gasteiger partial charge on any atom is 0.417 e. The first kappa shape index (κ1) is 16.6. The maximum absolute atomic E-state index is 12.7. The van der Waals surface area contributed by atoms with Gasteiger partial charge in [-0.2, -0.15) is 13.2 Å². The maximum atomic E-state index is 12.7. The van der Waals surface area contributed by atoms with Crippen LogP contribution in [0.1, 0.15) is 5.56 Å². The molecule has 22 heavy (non-hydrogen) atoms. The Hall–Kier alpha value is -1.80. The summed E-state index contributed by atoms with van der Waals surface area (Å²) in [6, 6.07) is 2.93. The van der Waals surface area contributed by atoms with Crippen molar-refractivity contribution in [3.63, 3.8) is 0 Å². The van der Waals surface area contributed by atoms with E-state index in [1.807, 2.05) is 0 Å². The van der Waals surface area contributed by atoms with Gasteiger partial charge >= 0.3 is 18.0 Å². The summed E-state index contributed by atoms with van der Waals surface area (Å²) in [5.41, 5.74) is -1.20. The van der Waals surface area contributed by atoms with E-state index in [9.17, 15) is 22.8 Å². The number of halogens is 4. The van der Waals surface area contributed by atoms with E-state index in [-0.39, 0.29) is 5.69 Å². The van der Waals surface area contributed by atoms with Gasteiger partial charge in [-0.15, -0.1) is 0 Å². The molecule has 0 bridgehead atoms. The second-order valence-corrected chi connectivity index (χ2v) is 5.10. The first-order chi connectivity index (χ1) is 10.3. The summed E-state index contributed by atoms with van der Waals surface area (Å²) < 4.78 is 38.2. The smallest absolute Gasteiger partial charge is 0.332 e. The molecule has 0 aliphatic carbocycles.